The Balaban J connectivity index is 2.21. The van der Waals surface area contributed by atoms with E-state index in [-0.39, 0.29) is 5.91 Å². The molecule has 1 N–H and O–H groups in total. The Morgan fingerprint density at radius 1 is 1.05 bits per heavy atom. The lowest BCUT2D eigenvalue weighted by Gasteiger charge is -2.32. The zero-order valence-corrected chi connectivity index (χ0v) is 13.8. The number of amides is 1. The summed E-state index contributed by atoms with van der Waals surface area (Å²) in [4.78, 5) is 23.8. The Hall–Kier alpha value is -1.52. The van der Waals surface area contributed by atoms with Crippen molar-refractivity contribution < 1.29 is 14.7 Å². The number of carbonyl (C=O) groups is 2. The van der Waals surface area contributed by atoms with Crippen LogP contribution < -0.4 is 10.4 Å². The Morgan fingerprint density at radius 3 is 2.05 bits per heavy atom. The monoisotopic (exact) mass is 340 g/mol. The predicted molar refractivity (Wildman–Crippen MR) is 84.7 cm³/mol. The lowest BCUT2D eigenvalue weighted by molar-refractivity contribution is -0.313. The third kappa shape index (κ3) is 3.81. The molecule has 0 spiro atoms. The van der Waals surface area contributed by atoms with Crippen LogP contribution in [0.1, 0.15) is 26.7 Å². The van der Waals surface area contributed by atoms with Gasteiger partial charge in [-0.05, 0) is 44.9 Å². The SMILES string of the molecule is CC1=C(C)CC(C(=O)Nc2cc(Cl)cc(Cl)c2)C(C(=O)[O-])C1. The van der Waals surface area contributed by atoms with Gasteiger partial charge in [-0.25, -0.2) is 0 Å². The molecular weight excluding hydrogens is 325 g/mol. The molecule has 0 aliphatic heterocycles. The molecule has 1 amide bonds. The fraction of sp³-hybridized carbons (Fsp3) is 0.375. The molecule has 2 unspecified atom stereocenters. The summed E-state index contributed by atoms with van der Waals surface area (Å²) in [6.45, 7) is 3.80. The molecule has 0 fully saturated rings. The van der Waals surface area contributed by atoms with Crippen LogP contribution in [0.4, 0.5) is 5.69 Å². The van der Waals surface area contributed by atoms with E-state index in [9.17, 15) is 14.7 Å². The second-order valence-corrected chi connectivity index (χ2v) is 6.52. The van der Waals surface area contributed by atoms with Gasteiger partial charge in [0.25, 0.3) is 0 Å². The van der Waals surface area contributed by atoms with E-state index in [0.29, 0.717) is 28.6 Å². The molecule has 0 radical (unpaired) electrons. The molecule has 1 aromatic rings. The highest BCUT2D eigenvalue weighted by Crippen LogP contribution is 2.35. The van der Waals surface area contributed by atoms with Crippen molar-refractivity contribution in [1.29, 1.82) is 0 Å². The van der Waals surface area contributed by atoms with Crippen LogP contribution in [0.5, 0.6) is 0 Å². The summed E-state index contributed by atoms with van der Waals surface area (Å²) >= 11 is 11.8. The van der Waals surface area contributed by atoms with Crippen molar-refractivity contribution in [2.24, 2.45) is 11.8 Å². The molecular formula is C16H16Cl2NO3-. The van der Waals surface area contributed by atoms with Gasteiger partial charge in [0.1, 0.15) is 0 Å². The lowest BCUT2D eigenvalue weighted by Crippen LogP contribution is -2.42. The zero-order valence-electron chi connectivity index (χ0n) is 12.3. The number of carbonyl (C=O) groups excluding carboxylic acids is 2. The Bertz CT molecular complexity index is 635. The van der Waals surface area contributed by atoms with Crippen LogP contribution in [0, 0.1) is 11.8 Å². The first-order valence-corrected chi connectivity index (χ1v) is 7.66. The largest absolute Gasteiger partial charge is 0.550 e. The first kappa shape index (κ1) is 16.8. The molecule has 0 bridgehead atoms. The third-order valence-electron chi connectivity index (χ3n) is 4.04. The molecule has 0 aromatic heterocycles. The summed E-state index contributed by atoms with van der Waals surface area (Å²) in [5.74, 6) is -3.04. The highest BCUT2D eigenvalue weighted by Gasteiger charge is 2.33. The van der Waals surface area contributed by atoms with E-state index in [4.69, 9.17) is 23.2 Å². The van der Waals surface area contributed by atoms with Gasteiger partial charge in [-0.2, -0.15) is 0 Å². The number of carboxylic acid groups (broad SMARTS) is 1. The van der Waals surface area contributed by atoms with Gasteiger partial charge < -0.3 is 15.2 Å². The number of carboxylic acids is 1. The van der Waals surface area contributed by atoms with Crippen LogP contribution in [0.25, 0.3) is 0 Å². The highest BCUT2D eigenvalue weighted by molar-refractivity contribution is 6.35. The van der Waals surface area contributed by atoms with E-state index in [1.807, 2.05) is 13.8 Å². The van der Waals surface area contributed by atoms with Gasteiger partial charge in [0.05, 0.1) is 5.92 Å². The van der Waals surface area contributed by atoms with Crippen molar-refractivity contribution in [3.8, 4) is 0 Å². The van der Waals surface area contributed by atoms with E-state index < -0.39 is 17.8 Å². The number of hydrogen-bond donors (Lipinski definition) is 1. The number of nitrogens with one attached hydrogen (secondary N) is 1. The molecule has 0 heterocycles. The predicted octanol–water partition coefficient (Wildman–Crippen LogP) is 3.04. The van der Waals surface area contributed by atoms with E-state index in [1.165, 1.54) is 0 Å². The lowest BCUT2D eigenvalue weighted by atomic mass is 9.76. The van der Waals surface area contributed by atoms with E-state index in [2.05, 4.69) is 5.32 Å². The number of anilines is 1. The molecule has 22 heavy (non-hydrogen) atoms. The van der Waals surface area contributed by atoms with Crippen LogP contribution in [0.15, 0.2) is 29.3 Å². The normalized spacial score (nSPS) is 21.6. The molecule has 0 saturated carbocycles. The minimum atomic E-state index is -1.20. The van der Waals surface area contributed by atoms with Crippen molar-refractivity contribution in [2.75, 3.05) is 5.32 Å². The van der Waals surface area contributed by atoms with Gasteiger partial charge in [-0.15, -0.1) is 0 Å². The highest BCUT2D eigenvalue weighted by atomic mass is 35.5. The molecule has 2 atom stereocenters. The Labute approximate surface area is 139 Å². The first-order valence-electron chi connectivity index (χ1n) is 6.91. The van der Waals surface area contributed by atoms with Crippen LogP contribution in [-0.2, 0) is 9.59 Å². The van der Waals surface area contributed by atoms with Gasteiger partial charge in [-0.3, -0.25) is 4.79 Å². The van der Waals surface area contributed by atoms with Crippen LogP contribution in [0.2, 0.25) is 10.0 Å². The molecule has 4 nitrogen and oxygen atoms in total. The van der Waals surface area contributed by atoms with Gasteiger partial charge in [0.2, 0.25) is 5.91 Å². The third-order valence-corrected chi connectivity index (χ3v) is 4.47. The fourth-order valence-electron chi connectivity index (χ4n) is 2.68. The standard InChI is InChI=1S/C16H17Cl2NO3/c1-8-3-13(14(16(21)22)4-9(8)2)15(20)19-12-6-10(17)5-11(18)7-12/h5-7,13-14H,3-4H2,1-2H3,(H,19,20)(H,21,22)/p-1. The number of halogens is 2. The van der Waals surface area contributed by atoms with E-state index >= 15 is 0 Å². The number of rotatable bonds is 3. The maximum atomic E-state index is 12.4. The summed E-state index contributed by atoms with van der Waals surface area (Å²) in [6.07, 6.45) is 0.743. The maximum Gasteiger partial charge on any atom is 0.228 e. The summed E-state index contributed by atoms with van der Waals surface area (Å²) < 4.78 is 0. The van der Waals surface area contributed by atoms with E-state index in [1.54, 1.807) is 18.2 Å². The smallest absolute Gasteiger partial charge is 0.228 e. The number of allylic oxidation sites excluding steroid dienone is 2. The van der Waals surface area contributed by atoms with Crippen LogP contribution >= 0.6 is 23.2 Å². The minimum absolute atomic E-state index is 0.336. The molecule has 1 aliphatic rings. The molecule has 2 rings (SSSR count). The Morgan fingerprint density at radius 2 is 1.55 bits per heavy atom. The summed E-state index contributed by atoms with van der Waals surface area (Å²) in [7, 11) is 0. The van der Waals surface area contributed by atoms with Crippen LogP contribution in [-0.4, -0.2) is 11.9 Å². The fourth-order valence-corrected chi connectivity index (χ4v) is 3.20. The summed E-state index contributed by atoms with van der Waals surface area (Å²) in [6, 6.07) is 4.69. The molecule has 0 saturated heterocycles. The molecule has 1 aromatic carbocycles. The maximum absolute atomic E-state index is 12.4. The van der Waals surface area contributed by atoms with Gasteiger partial charge in [0.15, 0.2) is 0 Å². The van der Waals surface area contributed by atoms with E-state index in [0.717, 1.165) is 11.1 Å². The number of benzene rings is 1. The van der Waals surface area contributed by atoms with Gasteiger partial charge in [0, 0.05) is 27.6 Å². The van der Waals surface area contributed by atoms with Crippen LogP contribution in [0.3, 0.4) is 0 Å². The average Bonchev–Trinajstić information content (AvgIpc) is 2.39. The number of hydrogen-bond acceptors (Lipinski definition) is 3. The second-order valence-electron chi connectivity index (χ2n) is 5.65. The van der Waals surface area contributed by atoms with Crippen molar-refractivity contribution in [2.45, 2.75) is 26.7 Å². The minimum Gasteiger partial charge on any atom is -0.550 e. The van der Waals surface area contributed by atoms with Crippen molar-refractivity contribution in [3.05, 3.63) is 39.4 Å². The molecule has 118 valence electrons. The average molecular weight is 341 g/mol. The quantitative estimate of drug-likeness (QED) is 0.859. The Kier molecular flexibility index (Phi) is 5.14. The summed E-state index contributed by atoms with van der Waals surface area (Å²) in [5, 5.41) is 14.8. The van der Waals surface area contributed by atoms with Crippen molar-refractivity contribution >= 4 is 40.8 Å². The van der Waals surface area contributed by atoms with Crippen molar-refractivity contribution in [3.63, 3.8) is 0 Å². The number of aliphatic carboxylic acids is 1. The first-order chi connectivity index (χ1) is 10.3. The molecule has 6 heteroatoms. The topological polar surface area (TPSA) is 69.2 Å². The second kappa shape index (κ2) is 6.71. The van der Waals surface area contributed by atoms with Gasteiger partial charge in [-0.1, -0.05) is 34.3 Å². The van der Waals surface area contributed by atoms with Crippen molar-refractivity contribution in [1.82, 2.24) is 0 Å². The van der Waals surface area contributed by atoms with Gasteiger partial charge >= 0.3 is 0 Å². The molecule has 1 aliphatic carbocycles. The summed E-state index contributed by atoms with van der Waals surface area (Å²) in [5.41, 5.74) is 2.49. The zero-order chi connectivity index (χ0) is 16.4.